The third-order valence-electron chi connectivity index (χ3n) is 3.80. The highest BCUT2D eigenvalue weighted by Crippen LogP contribution is 2.22. The molecule has 1 aromatic carbocycles. The number of benzene rings is 1. The monoisotopic (exact) mass is 385 g/mol. The van der Waals surface area contributed by atoms with Gasteiger partial charge in [0, 0.05) is 19.3 Å². The Balaban J connectivity index is 0.00000156. The molecule has 3 N–H and O–H groups in total. The van der Waals surface area contributed by atoms with Gasteiger partial charge in [-0.05, 0) is 31.0 Å². The van der Waals surface area contributed by atoms with Crippen LogP contribution in [-0.2, 0) is 9.53 Å². The third kappa shape index (κ3) is 5.57. The average Bonchev–Trinajstić information content (AvgIpc) is 2.58. The smallest absolute Gasteiger partial charge is 0.244 e. The average molecular weight is 386 g/mol. The molecule has 0 bridgehead atoms. The molecule has 8 heteroatoms. The van der Waals surface area contributed by atoms with Gasteiger partial charge in [0.05, 0.1) is 11.9 Å². The number of halogens is 2. The minimum atomic E-state index is -0.878. The molecule has 2 heterocycles. The summed E-state index contributed by atoms with van der Waals surface area (Å²) < 4.78 is 10.9. The van der Waals surface area contributed by atoms with Gasteiger partial charge in [-0.25, -0.2) is 4.98 Å². The fourth-order valence-corrected chi connectivity index (χ4v) is 2.34. The molecular weight excluding hydrogens is 365 g/mol. The van der Waals surface area contributed by atoms with Gasteiger partial charge in [0.25, 0.3) is 0 Å². The van der Waals surface area contributed by atoms with Crippen LogP contribution in [0.2, 0.25) is 0 Å². The Morgan fingerprint density at radius 3 is 2.40 bits per heavy atom. The molecule has 1 fully saturated rings. The summed E-state index contributed by atoms with van der Waals surface area (Å²) in [5.74, 6) is 0.960. The van der Waals surface area contributed by atoms with Crippen LogP contribution in [0.4, 0.5) is 5.69 Å². The van der Waals surface area contributed by atoms with E-state index in [4.69, 9.17) is 15.2 Å². The van der Waals surface area contributed by atoms with Crippen LogP contribution in [0.1, 0.15) is 12.8 Å². The number of amides is 1. The van der Waals surface area contributed by atoms with Gasteiger partial charge < -0.3 is 20.5 Å². The number of aromatic nitrogens is 1. The molecule has 0 aliphatic carbocycles. The molecule has 0 spiro atoms. The number of hydrogen-bond acceptors (Lipinski definition) is 5. The Kier molecular flexibility index (Phi) is 8.12. The second-order valence-corrected chi connectivity index (χ2v) is 5.52. The van der Waals surface area contributed by atoms with Gasteiger partial charge in [0.1, 0.15) is 11.3 Å². The highest BCUT2D eigenvalue weighted by Gasteiger charge is 2.35. The van der Waals surface area contributed by atoms with E-state index in [0.717, 1.165) is 0 Å². The Hall–Kier alpha value is -1.86. The van der Waals surface area contributed by atoms with Crippen LogP contribution in [-0.4, -0.2) is 29.6 Å². The number of carbonyl (C=O) groups excluding carboxylic acids is 1. The standard InChI is InChI=1S/C17H19N3O3.2ClH/c18-17(8-10-22-11-9-17)16(21)20-13-6-7-15(19-12-13)23-14-4-2-1-3-5-14;;/h1-7,12H,8-11,18H2,(H,20,21);2*1H. The molecule has 25 heavy (non-hydrogen) atoms. The molecule has 2 aromatic rings. The predicted octanol–water partition coefficient (Wildman–Crippen LogP) is 3.16. The van der Waals surface area contributed by atoms with E-state index in [9.17, 15) is 4.79 Å². The molecule has 1 aliphatic heterocycles. The fourth-order valence-electron chi connectivity index (χ4n) is 2.34. The van der Waals surface area contributed by atoms with Crippen LogP contribution in [0.5, 0.6) is 11.6 Å². The normalized spacial score (nSPS) is 15.2. The lowest BCUT2D eigenvalue weighted by atomic mass is 9.90. The quantitative estimate of drug-likeness (QED) is 0.843. The Bertz CT molecular complexity index is 663. The summed E-state index contributed by atoms with van der Waals surface area (Å²) in [4.78, 5) is 16.5. The fraction of sp³-hybridized carbons (Fsp3) is 0.294. The van der Waals surface area contributed by atoms with Crippen molar-refractivity contribution in [3.05, 3.63) is 48.7 Å². The van der Waals surface area contributed by atoms with Gasteiger partial charge in [0.2, 0.25) is 11.8 Å². The van der Waals surface area contributed by atoms with E-state index in [1.807, 2.05) is 30.3 Å². The van der Waals surface area contributed by atoms with E-state index >= 15 is 0 Å². The van der Waals surface area contributed by atoms with Gasteiger partial charge >= 0.3 is 0 Å². The second kappa shape index (κ2) is 9.58. The van der Waals surface area contributed by atoms with Crippen molar-refractivity contribution in [2.45, 2.75) is 18.4 Å². The summed E-state index contributed by atoms with van der Waals surface area (Å²) >= 11 is 0. The summed E-state index contributed by atoms with van der Waals surface area (Å²) in [7, 11) is 0. The number of pyridine rings is 1. The molecule has 1 amide bonds. The first-order valence-corrected chi connectivity index (χ1v) is 7.53. The lowest BCUT2D eigenvalue weighted by Gasteiger charge is -2.31. The highest BCUT2D eigenvalue weighted by molar-refractivity contribution is 5.97. The maximum atomic E-state index is 12.3. The summed E-state index contributed by atoms with van der Waals surface area (Å²) in [5.41, 5.74) is 5.86. The molecule has 0 saturated carbocycles. The van der Waals surface area contributed by atoms with Gasteiger partial charge in [-0.2, -0.15) is 0 Å². The Morgan fingerprint density at radius 2 is 1.80 bits per heavy atom. The SMILES string of the molecule is Cl.Cl.NC1(C(=O)Nc2ccc(Oc3ccccc3)nc2)CCOCC1. The number of nitrogens with one attached hydrogen (secondary N) is 1. The minimum absolute atomic E-state index is 0. The summed E-state index contributed by atoms with van der Waals surface area (Å²) in [6.07, 6.45) is 2.59. The van der Waals surface area contributed by atoms with Crippen LogP contribution in [0.15, 0.2) is 48.7 Å². The van der Waals surface area contributed by atoms with Crippen molar-refractivity contribution in [2.24, 2.45) is 5.73 Å². The molecule has 1 aliphatic rings. The van der Waals surface area contributed by atoms with Crippen molar-refractivity contribution in [1.29, 1.82) is 0 Å². The number of anilines is 1. The maximum Gasteiger partial charge on any atom is 0.244 e. The van der Waals surface area contributed by atoms with E-state index in [-0.39, 0.29) is 30.7 Å². The van der Waals surface area contributed by atoms with Crippen LogP contribution in [0, 0.1) is 0 Å². The van der Waals surface area contributed by atoms with Crippen molar-refractivity contribution in [3.63, 3.8) is 0 Å². The maximum absolute atomic E-state index is 12.3. The zero-order chi connectivity index (χ0) is 16.1. The number of carbonyl (C=O) groups is 1. The van der Waals surface area contributed by atoms with Gasteiger partial charge in [-0.3, -0.25) is 4.79 Å². The van der Waals surface area contributed by atoms with E-state index in [1.54, 1.807) is 18.3 Å². The zero-order valence-corrected chi connectivity index (χ0v) is 15.1. The lowest BCUT2D eigenvalue weighted by Crippen LogP contribution is -2.54. The number of rotatable bonds is 4. The van der Waals surface area contributed by atoms with E-state index in [2.05, 4.69) is 10.3 Å². The van der Waals surface area contributed by atoms with Crippen LogP contribution < -0.4 is 15.8 Å². The van der Waals surface area contributed by atoms with Crippen LogP contribution in [0.25, 0.3) is 0 Å². The summed E-state index contributed by atoms with van der Waals surface area (Å²) in [6.45, 7) is 1.01. The molecule has 1 saturated heterocycles. The highest BCUT2D eigenvalue weighted by atomic mass is 35.5. The first kappa shape index (κ1) is 21.2. The topological polar surface area (TPSA) is 86.5 Å². The lowest BCUT2D eigenvalue weighted by molar-refractivity contribution is -0.124. The van der Waals surface area contributed by atoms with Crippen molar-refractivity contribution < 1.29 is 14.3 Å². The molecule has 1 aromatic heterocycles. The van der Waals surface area contributed by atoms with Crippen molar-refractivity contribution >= 4 is 36.4 Å². The van der Waals surface area contributed by atoms with Crippen molar-refractivity contribution in [3.8, 4) is 11.6 Å². The largest absolute Gasteiger partial charge is 0.439 e. The van der Waals surface area contributed by atoms with Crippen molar-refractivity contribution in [2.75, 3.05) is 18.5 Å². The first-order valence-electron chi connectivity index (χ1n) is 7.53. The number of hydrogen-bond donors (Lipinski definition) is 2. The molecule has 0 radical (unpaired) electrons. The second-order valence-electron chi connectivity index (χ2n) is 5.52. The Labute approximate surface area is 158 Å². The molecular formula is C17H21Cl2N3O3. The number of nitrogens with two attached hydrogens (primary N) is 1. The molecule has 0 unspecified atom stereocenters. The molecule has 6 nitrogen and oxygen atoms in total. The zero-order valence-electron chi connectivity index (χ0n) is 13.5. The number of para-hydroxylation sites is 1. The van der Waals surface area contributed by atoms with E-state index < -0.39 is 5.54 Å². The van der Waals surface area contributed by atoms with E-state index in [0.29, 0.717) is 43.4 Å². The number of ether oxygens (including phenoxy) is 2. The van der Waals surface area contributed by atoms with Crippen molar-refractivity contribution in [1.82, 2.24) is 4.98 Å². The third-order valence-corrected chi connectivity index (χ3v) is 3.80. The van der Waals surface area contributed by atoms with Gasteiger partial charge in [0.15, 0.2) is 0 Å². The van der Waals surface area contributed by atoms with E-state index in [1.165, 1.54) is 0 Å². The van der Waals surface area contributed by atoms with Gasteiger partial charge in [-0.15, -0.1) is 24.8 Å². The summed E-state index contributed by atoms with van der Waals surface area (Å²) in [5, 5.41) is 2.81. The van der Waals surface area contributed by atoms with Gasteiger partial charge in [-0.1, -0.05) is 18.2 Å². The molecule has 0 atom stereocenters. The molecule has 136 valence electrons. The predicted molar refractivity (Wildman–Crippen MR) is 101 cm³/mol. The Morgan fingerprint density at radius 1 is 1.12 bits per heavy atom. The first-order chi connectivity index (χ1) is 11.2. The van der Waals surface area contributed by atoms with Crippen LogP contribution >= 0.6 is 24.8 Å². The van der Waals surface area contributed by atoms with Crippen LogP contribution in [0.3, 0.4) is 0 Å². The number of nitrogens with zero attached hydrogens (tertiary/aromatic N) is 1. The summed E-state index contributed by atoms with van der Waals surface area (Å²) in [6, 6.07) is 12.8. The molecule has 3 rings (SSSR count). The minimum Gasteiger partial charge on any atom is -0.439 e.